The predicted molar refractivity (Wildman–Crippen MR) is 76.1 cm³/mol. The fraction of sp³-hybridized carbons (Fsp3) is 0.714. The van der Waals surface area contributed by atoms with Gasteiger partial charge in [-0.15, -0.1) is 6.58 Å². The van der Waals surface area contributed by atoms with Crippen molar-refractivity contribution in [1.29, 1.82) is 0 Å². The quantitative estimate of drug-likeness (QED) is 0.399. The first-order valence-corrected chi connectivity index (χ1v) is 6.99. The molecule has 3 N–H and O–H groups in total. The summed E-state index contributed by atoms with van der Waals surface area (Å²) in [6.07, 6.45) is 8.63. The first kappa shape index (κ1) is 17.5. The van der Waals surface area contributed by atoms with Crippen LogP contribution in [0.3, 0.4) is 0 Å². The van der Waals surface area contributed by atoms with Crippen LogP contribution in [0.2, 0.25) is 0 Å². The second kappa shape index (κ2) is 11.6. The molecular weight excluding hydrogens is 244 g/mol. The largest absolute Gasteiger partial charge is 0.480 e. The van der Waals surface area contributed by atoms with E-state index in [0.29, 0.717) is 6.54 Å². The van der Waals surface area contributed by atoms with Gasteiger partial charge in [-0.3, -0.25) is 0 Å². The van der Waals surface area contributed by atoms with Crippen molar-refractivity contribution in [2.75, 3.05) is 6.54 Å². The fourth-order valence-electron chi connectivity index (χ4n) is 1.70. The third kappa shape index (κ3) is 10.1. The molecule has 0 heterocycles. The molecule has 0 aliphatic heterocycles. The second-order valence-electron chi connectivity index (χ2n) is 4.58. The standard InChI is InChI=1S/C14H26N2O3/c1-3-5-6-7-8-9-11-15-14(19)16-12(10-4-2)13(17)18/h4,12H,2-3,5-11H2,1H3,(H,17,18)(H2,15,16,19). The Bertz CT molecular complexity index is 280. The molecule has 0 spiro atoms. The molecule has 110 valence electrons. The number of rotatable bonds is 11. The highest BCUT2D eigenvalue weighted by Crippen LogP contribution is 2.04. The molecule has 5 nitrogen and oxygen atoms in total. The van der Waals surface area contributed by atoms with E-state index in [4.69, 9.17) is 5.11 Å². The number of carboxylic acids is 1. The summed E-state index contributed by atoms with van der Waals surface area (Å²) in [5.41, 5.74) is 0. The summed E-state index contributed by atoms with van der Waals surface area (Å²) >= 11 is 0. The lowest BCUT2D eigenvalue weighted by molar-refractivity contribution is -0.139. The van der Waals surface area contributed by atoms with Crippen LogP contribution in [0.15, 0.2) is 12.7 Å². The highest BCUT2D eigenvalue weighted by molar-refractivity contribution is 5.82. The molecule has 0 radical (unpaired) electrons. The van der Waals surface area contributed by atoms with E-state index >= 15 is 0 Å². The van der Waals surface area contributed by atoms with E-state index in [1.807, 2.05) is 0 Å². The summed E-state index contributed by atoms with van der Waals surface area (Å²) in [5.74, 6) is -1.05. The number of hydrogen-bond acceptors (Lipinski definition) is 2. The summed E-state index contributed by atoms with van der Waals surface area (Å²) < 4.78 is 0. The Kier molecular flexibility index (Phi) is 10.6. The summed E-state index contributed by atoms with van der Waals surface area (Å²) in [7, 11) is 0. The Morgan fingerprint density at radius 2 is 1.84 bits per heavy atom. The topological polar surface area (TPSA) is 78.4 Å². The molecule has 0 fully saturated rings. The van der Waals surface area contributed by atoms with Crippen LogP contribution < -0.4 is 10.6 Å². The van der Waals surface area contributed by atoms with Gasteiger partial charge in [0.15, 0.2) is 0 Å². The maximum Gasteiger partial charge on any atom is 0.326 e. The maximum absolute atomic E-state index is 11.4. The van der Waals surface area contributed by atoms with Gasteiger partial charge in [-0.25, -0.2) is 9.59 Å². The number of carboxylic acid groups (broad SMARTS) is 1. The predicted octanol–water partition coefficient (Wildman–Crippen LogP) is 2.68. The molecule has 0 aromatic heterocycles. The number of hydrogen-bond donors (Lipinski definition) is 3. The van der Waals surface area contributed by atoms with Gasteiger partial charge in [-0.2, -0.15) is 0 Å². The van der Waals surface area contributed by atoms with Crippen LogP contribution in [0, 0.1) is 0 Å². The number of nitrogens with one attached hydrogen (secondary N) is 2. The molecule has 0 bridgehead atoms. The van der Waals surface area contributed by atoms with E-state index in [1.165, 1.54) is 31.8 Å². The van der Waals surface area contributed by atoms with E-state index < -0.39 is 18.0 Å². The molecule has 1 unspecified atom stereocenters. The lowest BCUT2D eigenvalue weighted by atomic mass is 10.1. The molecule has 19 heavy (non-hydrogen) atoms. The monoisotopic (exact) mass is 270 g/mol. The smallest absolute Gasteiger partial charge is 0.326 e. The minimum absolute atomic E-state index is 0.222. The molecular formula is C14H26N2O3. The Labute approximate surface area is 115 Å². The van der Waals surface area contributed by atoms with E-state index in [0.717, 1.165) is 12.8 Å². The van der Waals surface area contributed by atoms with Crippen LogP contribution in [0.5, 0.6) is 0 Å². The van der Waals surface area contributed by atoms with Gasteiger partial charge >= 0.3 is 12.0 Å². The van der Waals surface area contributed by atoms with Crippen LogP contribution in [-0.2, 0) is 4.79 Å². The van der Waals surface area contributed by atoms with Crippen molar-refractivity contribution in [2.24, 2.45) is 0 Å². The van der Waals surface area contributed by atoms with Gasteiger partial charge in [0.1, 0.15) is 6.04 Å². The summed E-state index contributed by atoms with van der Waals surface area (Å²) in [6, 6.07) is -1.33. The van der Waals surface area contributed by atoms with Crippen molar-refractivity contribution < 1.29 is 14.7 Å². The van der Waals surface area contributed by atoms with Crippen molar-refractivity contribution in [1.82, 2.24) is 10.6 Å². The number of urea groups is 1. The normalized spacial score (nSPS) is 11.6. The fourth-order valence-corrected chi connectivity index (χ4v) is 1.70. The average molecular weight is 270 g/mol. The third-order valence-electron chi connectivity index (χ3n) is 2.82. The van der Waals surface area contributed by atoms with Crippen molar-refractivity contribution in [3.8, 4) is 0 Å². The number of carbonyl (C=O) groups is 2. The Balaban J connectivity index is 3.62. The lowest BCUT2D eigenvalue weighted by Gasteiger charge is -2.13. The number of unbranched alkanes of at least 4 members (excludes halogenated alkanes) is 5. The summed E-state index contributed by atoms with van der Waals surface area (Å²) in [4.78, 5) is 22.3. The zero-order valence-corrected chi connectivity index (χ0v) is 11.8. The van der Waals surface area contributed by atoms with Crippen LogP contribution in [0.4, 0.5) is 4.79 Å². The zero-order chi connectivity index (χ0) is 14.5. The van der Waals surface area contributed by atoms with Gasteiger partial charge in [-0.1, -0.05) is 45.1 Å². The Hall–Kier alpha value is -1.52. The molecule has 2 amide bonds. The van der Waals surface area contributed by atoms with Crippen LogP contribution in [0.1, 0.15) is 51.9 Å². The SMILES string of the molecule is C=CCC(NC(=O)NCCCCCCCC)C(=O)O. The van der Waals surface area contributed by atoms with E-state index in [-0.39, 0.29) is 6.42 Å². The van der Waals surface area contributed by atoms with Crippen molar-refractivity contribution in [2.45, 2.75) is 57.9 Å². The van der Waals surface area contributed by atoms with Gasteiger partial charge in [0.2, 0.25) is 0 Å². The highest BCUT2D eigenvalue weighted by Gasteiger charge is 2.17. The van der Waals surface area contributed by atoms with Crippen LogP contribution in [-0.4, -0.2) is 29.7 Å². The third-order valence-corrected chi connectivity index (χ3v) is 2.82. The molecule has 0 rings (SSSR count). The first-order valence-electron chi connectivity index (χ1n) is 6.99. The van der Waals surface area contributed by atoms with E-state index in [2.05, 4.69) is 24.1 Å². The van der Waals surface area contributed by atoms with E-state index in [9.17, 15) is 9.59 Å². The van der Waals surface area contributed by atoms with Crippen molar-refractivity contribution in [3.63, 3.8) is 0 Å². The maximum atomic E-state index is 11.4. The van der Waals surface area contributed by atoms with Gasteiger partial charge < -0.3 is 15.7 Å². The number of amides is 2. The van der Waals surface area contributed by atoms with Gasteiger partial charge in [0.25, 0.3) is 0 Å². The summed E-state index contributed by atoms with van der Waals surface area (Å²) in [5, 5.41) is 13.9. The van der Waals surface area contributed by atoms with Crippen LogP contribution in [0.25, 0.3) is 0 Å². The molecule has 0 aromatic carbocycles. The summed E-state index contributed by atoms with van der Waals surface area (Å²) in [6.45, 7) is 6.22. The average Bonchev–Trinajstić information content (AvgIpc) is 2.37. The molecule has 5 heteroatoms. The molecule has 0 aromatic rings. The molecule has 0 saturated heterocycles. The minimum atomic E-state index is -1.05. The molecule has 0 aliphatic rings. The van der Waals surface area contributed by atoms with Gasteiger partial charge in [0, 0.05) is 6.54 Å². The minimum Gasteiger partial charge on any atom is -0.480 e. The van der Waals surface area contributed by atoms with Crippen molar-refractivity contribution in [3.05, 3.63) is 12.7 Å². The Morgan fingerprint density at radius 1 is 1.21 bits per heavy atom. The molecule has 1 atom stereocenters. The Morgan fingerprint density at radius 3 is 2.42 bits per heavy atom. The molecule has 0 saturated carbocycles. The number of carbonyl (C=O) groups excluding carboxylic acids is 1. The van der Waals surface area contributed by atoms with E-state index in [1.54, 1.807) is 0 Å². The highest BCUT2D eigenvalue weighted by atomic mass is 16.4. The van der Waals surface area contributed by atoms with Crippen LogP contribution >= 0.6 is 0 Å². The van der Waals surface area contributed by atoms with Gasteiger partial charge in [0.05, 0.1) is 0 Å². The first-order chi connectivity index (χ1) is 9.11. The lowest BCUT2D eigenvalue weighted by Crippen LogP contribution is -2.45. The van der Waals surface area contributed by atoms with Gasteiger partial charge in [-0.05, 0) is 12.8 Å². The molecule has 0 aliphatic carbocycles. The zero-order valence-electron chi connectivity index (χ0n) is 11.8. The number of aliphatic carboxylic acids is 1. The second-order valence-corrected chi connectivity index (χ2v) is 4.58. The van der Waals surface area contributed by atoms with Crippen molar-refractivity contribution >= 4 is 12.0 Å².